The van der Waals surface area contributed by atoms with Crippen molar-refractivity contribution in [3.05, 3.63) is 94.9 Å². The molecule has 0 saturated carbocycles. The number of amides is 1. The molecule has 4 aromatic rings. The number of hydrogen-bond donors (Lipinski definition) is 1. The Balaban J connectivity index is 1.51. The minimum Gasteiger partial charge on any atom is -0.493 e. The molecule has 0 aliphatic carbocycles. The number of carbonyl (C=O) groups is 1. The molecule has 0 radical (unpaired) electrons. The Hall–Kier alpha value is -3.80. The number of carbonyl (C=O) groups excluding carboxylic acids is 1. The summed E-state index contributed by atoms with van der Waals surface area (Å²) in [4.78, 5) is 17.7. The standard InChI is InChI=1S/C28H31N3O3/c1-19-8-5-6-10-22(19)23(24-18-30-28-20(2)9-7-15-31(24)28)17-27(32)29-14-13-21-11-12-25(33-3)26(16-21)34-4/h5-12,15-16,18,23H,13-14,17H2,1-4H3,(H,29,32). The average Bonchev–Trinajstić information content (AvgIpc) is 3.28. The molecule has 1 amide bonds. The normalized spacial score (nSPS) is 11.9. The van der Waals surface area contributed by atoms with Crippen LogP contribution in [0.1, 0.15) is 40.3 Å². The molecule has 1 N–H and O–H groups in total. The number of aryl methyl sites for hydroxylation is 2. The van der Waals surface area contributed by atoms with Gasteiger partial charge in [0.15, 0.2) is 11.5 Å². The summed E-state index contributed by atoms with van der Waals surface area (Å²) in [5, 5.41) is 3.10. The van der Waals surface area contributed by atoms with E-state index in [1.807, 2.05) is 48.8 Å². The molecular weight excluding hydrogens is 426 g/mol. The zero-order valence-corrected chi connectivity index (χ0v) is 20.2. The Morgan fingerprint density at radius 3 is 2.53 bits per heavy atom. The van der Waals surface area contributed by atoms with Gasteiger partial charge in [-0.15, -0.1) is 0 Å². The summed E-state index contributed by atoms with van der Waals surface area (Å²) in [7, 11) is 3.24. The molecule has 176 valence electrons. The van der Waals surface area contributed by atoms with Crippen LogP contribution in [0.4, 0.5) is 0 Å². The van der Waals surface area contributed by atoms with Gasteiger partial charge in [0, 0.05) is 31.3 Å². The first-order valence-corrected chi connectivity index (χ1v) is 11.5. The summed E-state index contributed by atoms with van der Waals surface area (Å²) in [6, 6.07) is 18.1. The van der Waals surface area contributed by atoms with Gasteiger partial charge in [0.2, 0.25) is 5.91 Å². The van der Waals surface area contributed by atoms with Crippen LogP contribution in [-0.4, -0.2) is 36.1 Å². The van der Waals surface area contributed by atoms with Crippen LogP contribution in [0.3, 0.4) is 0 Å². The van der Waals surface area contributed by atoms with Crippen molar-refractivity contribution < 1.29 is 14.3 Å². The summed E-state index contributed by atoms with van der Waals surface area (Å²) in [6.45, 7) is 4.68. The zero-order valence-electron chi connectivity index (χ0n) is 20.2. The second-order valence-electron chi connectivity index (χ2n) is 8.47. The smallest absolute Gasteiger partial charge is 0.221 e. The highest BCUT2D eigenvalue weighted by Crippen LogP contribution is 2.31. The Bertz CT molecular complexity index is 1300. The maximum Gasteiger partial charge on any atom is 0.221 e. The first-order valence-electron chi connectivity index (χ1n) is 11.5. The lowest BCUT2D eigenvalue weighted by atomic mass is 9.89. The number of methoxy groups -OCH3 is 2. The van der Waals surface area contributed by atoms with E-state index in [-0.39, 0.29) is 11.8 Å². The van der Waals surface area contributed by atoms with Crippen molar-refractivity contribution in [2.24, 2.45) is 0 Å². The third-order valence-electron chi connectivity index (χ3n) is 6.25. The molecule has 0 saturated heterocycles. The first-order chi connectivity index (χ1) is 16.5. The molecule has 1 atom stereocenters. The molecule has 2 aromatic carbocycles. The molecule has 1 unspecified atom stereocenters. The molecule has 0 aliphatic rings. The minimum atomic E-state index is -0.0981. The van der Waals surface area contributed by atoms with Gasteiger partial charge in [-0.2, -0.15) is 0 Å². The molecule has 2 aromatic heterocycles. The van der Waals surface area contributed by atoms with Crippen molar-refractivity contribution in [1.29, 1.82) is 0 Å². The summed E-state index contributed by atoms with van der Waals surface area (Å²) < 4.78 is 12.8. The molecule has 0 aliphatic heterocycles. The Labute approximate surface area is 200 Å². The second-order valence-corrected chi connectivity index (χ2v) is 8.47. The fraction of sp³-hybridized carbons (Fsp3) is 0.286. The van der Waals surface area contributed by atoms with Crippen LogP contribution in [0, 0.1) is 13.8 Å². The summed E-state index contributed by atoms with van der Waals surface area (Å²) in [5.41, 5.74) is 6.42. The second kappa shape index (κ2) is 10.4. The Kier molecular flexibility index (Phi) is 7.16. The lowest BCUT2D eigenvalue weighted by Gasteiger charge is -2.19. The van der Waals surface area contributed by atoms with Gasteiger partial charge >= 0.3 is 0 Å². The molecule has 34 heavy (non-hydrogen) atoms. The van der Waals surface area contributed by atoms with E-state index < -0.39 is 0 Å². The van der Waals surface area contributed by atoms with Crippen LogP contribution in [0.2, 0.25) is 0 Å². The Morgan fingerprint density at radius 1 is 1.00 bits per heavy atom. The topological polar surface area (TPSA) is 64.9 Å². The number of imidazole rings is 1. The molecule has 6 nitrogen and oxygen atoms in total. The first kappa shape index (κ1) is 23.4. The number of benzene rings is 2. The molecule has 6 heteroatoms. The van der Waals surface area contributed by atoms with Gasteiger partial charge in [0.25, 0.3) is 0 Å². The number of ether oxygens (including phenoxy) is 2. The molecule has 2 heterocycles. The zero-order chi connectivity index (χ0) is 24.1. The number of fused-ring (bicyclic) bond motifs is 1. The van der Waals surface area contributed by atoms with Crippen molar-refractivity contribution in [3.8, 4) is 11.5 Å². The number of nitrogens with one attached hydrogen (secondary N) is 1. The molecule has 0 spiro atoms. The predicted octanol–water partition coefficient (Wildman–Crippen LogP) is 4.85. The van der Waals surface area contributed by atoms with Crippen molar-refractivity contribution in [2.45, 2.75) is 32.6 Å². The maximum atomic E-state index is 13.1. The van der Waals surface area contributed by atoms with Crippen molar-refractivity contribution >= 4 is 11.6 Å². The third kappa shape index (κ3) is 4.91. The highest BCUT2D eigenvalue weighted by atomic mass is 16.5. The van der Waals surface area contributed by atoms with E-state index in [4.69, 9.17) is 9.47 Å². The van der Waals surface area contributed by atoms with Crippen LogP contribution >= 0.6 is 0 Å². The third-order valence-corrected chi connectivity index (χ3v) is 6.25. The molecular formula is C28H31N3O3. The van der Waals surface area contributed by atoms with Gasteiger partial charge in [-0.05, 0) is 60.7 Å². The van der Waals surface area contributed by atoms with Crippen molar-refractivity contribution in [3.63, 3.8) is 0 Å². The number of aromatic nitrogens is 2. The van der Waals surface area contributed by atoms with Gasteiger partial charge in [0.1, 0.15) is 5.65 Å². The predicted molar refractivity (Wildman–Crippen MR) is 134 cm³/mol. The van der Waals surface area contributed by atoms with E-state index in [9.17, 15) is 4.79 Å². The van der Waals surface area contributed by atoms with Gasteiger partial charge in [-0.3, -0.25) is 4.79 Å². The van der Waals surface area contributed by atoms with Gasteiger partial charge in [-0.25, -0.2) is 4.98 Å². The molecule has 4 rings (SSSR count). The number of rotatable bonds is 9. The van der Waals surface area contributed by atoms with E-state index in [1.165, 1.54) is 0 Å². The molecule has 0 bridgehead atoms. The van der Waals surface area contributed by atoms with E-state index in [0.29, 0.717) is 30.9 Å². The lowest BCUT2D eigenvalue weighted by Crippen LogP contribution is -2.28. The van der Waals surface area contributed by atoms with E-state index in [1.54, 1.807) is 14.2 Å². The van der Waals surface area contributed by atoms with Crippen LogP contribution in [0.25, 0.3) is 5.65 Å². The average molecular weight is 458 g/mol. The van der Waals surface area contributed by atoms with E-state index in [2.05, 4.69) is 46.7 Å². The summed E-state index contributed by atoms with van der Waals surface area (Å²) in [6.07, 6.45) is 4.97. The van der Waals surface area contributed by atoms with Crippen molar-refractivity contribution in [2.75, 3.05) is 20.8 Å². The van der Waals surface area contributed by atoms with Crippen LogP contribution < -0.4 is 14.8 Å². The van der Waals surface area contributed by atoms with Gasteiger partial charge in [0.05, 0.1) is 19.9 Å². The number of pyridine rings is 1. The van der Waals surface area contributed by atoms with Crippen LogP contribution in [0.15, 0.2) is 67.0 Å². The van der Waals surface area contributed by atoms with Gasteiger partial charge in [-0.1, -0.05) is 36.4 Å². The van der Waals surface area contributed by atoms with E-state index in [0.717, 1.165) is 33.6 Å². The number of nitrogens with zero attached hydrogens (tertiary/aromatic N) is 2. The quantitative estimate of drug-likeness (QED) is 0.390. The fourth-order valence-corrected chi connectivity index (χ4v) is 4.42. The highest BCUT2D eigenvalue weighted by Gasteiger charge is 2.23. The van der Waals surface area contributed by atoms with Crippen LogP contribution in [0.5, 0.6) is 11.5 Å². The SMILES string of the molecule is COc1ccc(CCNC(=O)CC(c2ccccc2C)c2cnc3c(C)cccn23)cc1OC. The van der Waals surface area contributed by atoms with E-state index >= 15 is 0 Å². The maximum absolute atomic E-state index is 13.1. The lowest BCUT2D eigenvalue weighted by molar-refractivity contribution is -0.121. The van der Waals surface area contributed by atoms with Crippen LogP contribution in [-0.2, 0) is 11.2 Å². The fourth-order valence-electron chi connectivity index (χ4n) is 4.42. The largest absolute Gasteiger partial charge is 0.493 e. The minimum absolute atomic E-state index is 0.0105. The monoisotopic (exact) mass is 457 g/mol. The molecule has 0 fully saturated rings. The van der Waals surface area contributed by atoms with Crippen molar-refractivity contribution in [1.82, 2.24) is 14.7 Å². The van der Waals surface area contributed by atoms with Gasteiger partial charge < -0.3 is 19.2 Å². The number of hydrogen-bond acceptors (Lipinski definition) is 4. The Morgan fingerprint density at radius 2 is 1.76 bits per heavy atom. The summed E-state index contributed by atoms with van der Waals surface area (Å²) >= 11 is 0. The summed E-state index contributed by atoms with van der Waals surface area (Å²) in [5.74, 6) is 1.30. The highest BCUT2D eigenvalue weighted by molar-refractivity contribution is 5.77.